The lowest BCUT2D eigenvalue weighted by Gasteiger charge is -2.25. The molecule has 1 atom stereocenters. The maximum atomic E-state index is 5.87. The number of hydrogen-bond donors (Lipinski definition) is 1. The van der Waals surface area contributed by atoms with Gasteiger partial charge in [0.15, 0.2) is 5.13 Å². The second-order valence-electron chi connectivity index (χ2n) is 4.64. The second kappa shape index (κ2) is 5.82. The van der Waals surface area contributed by atoms with Crippen LogP contribution in [-0.4, -0.2) is 11.0 Å². The van der Waals surface area contributed by atoms with E-state index in [-0.39, 0.29) is 6.04 Å². The highest BCUT2D eigenvalue weighted by atomic mass is 32.1. The van der Waals surface area contributed by atoms with Gasteiger partial charge in [0.25, 0.3) is 0 Å². The first kappa shape index (κ1) is 13.5. The number of rotatable bonds is 5. The van der Waals surface area contributed by atoms with Gasteiger partial charge in [-0.3, -0.25) is 0 Å². The molecule has 0 aliphatic carbocycles. The molecule has 2 N–H and O–H groups in total. The molecule has 0 spiro atoms. The van der Waals surface area contributed by atoms with E-state index < -0.39 is 0 Å². The molecule has 0 bridgehead atoms. The average Bonchev–Trinajstić information content (AvgIpc) is 2.96. The van der Waals surface area contributed by atoms with Crippen LogP contribution >= 0.6 is 22.7 Å². The van der Waals surface area contributed by atoms with E-state index in [2.05, 4.69) is 46.6 Å². The zero-order valence-corrected chi connectivity index (χ0v) is 12.6. The van der Waals surface area contributed by atoms with Gasteiger partial charge in [-0.15, -0.1) is 22.7 Å². The minimum atomic E-state index is 0.00532. The topological polar surface area (TPSA) is 42.1 Å². The van der Waals surface area contributed by atoms with Gasteiger partial charge in [0.2, 0.25) is 0 Å². The molecule has 1 unspecified atom stereocenters. The molecular weight excluding hydrogens is 262 g/mol. The van der Waals surface area contributed by atoms with Crippen LogP contribution in [0.3, 0.4) is 0 Å². The summed E-state index contributed by atoms with van der Waals surface area (Å²) in [7, 11) is 0. The SMILES string of the molecule is CC(N)c1csc(N(Cc2cccs2)C(C)C)n1. The third-order valence-electron chi connectivity index (χ3n) is 2.75. The maximum absolute atomic E-state index is 5.87. The molecule has 0 amide bonds. The molecule has 0 aliphatic heterocycles. The smallest absolute Gasteiger partial charge is 0.186 e. The molecule has 3 nitrogen and oxygen atoms in total. The number of nitrogens with two attached hydrogens (primary N) is 1. The van der Waals surface area contributed by atoms with Crippen molar-refractivity contribution < 1.29 is 0 Å². The fraction of sp³-hybridized carbons (Fsp3) is 0.462. The number of hydrogen-bond acceptors (Lipinski definition) is 5. The molecule has 2 heterocycles. The molecular formula is C13H19N3S2. The molecule has 98 valence electrons. The summed E-state index contributed by atoms with van der Waals surface area (Å²) < 4.78 is 0. The lowest BCUT2D eigenvalue weighted by Crippen LogP contribution is -2.29. The van der Waals surface area contributed by atoms with Gasteiger partial charge in [0.1, 0.15) is 0 Å². The molecule has 0 fully saturated rings. The Kier molecular flexibility index (Phi) is 4.37. The first-order chi connectivity index (χ1) is 8.58. The summed E-state index contributed by atoms with van der Waals surface area (Å²) in [5.41, 5.74) is 6.85. The van der Waals surface area contributed by atoms with Gasteiger partial charge in [-0.1, -0.05) is 6.07 Å². The minimum absolute atomic E-state index is 0.00532. The fourth-order valence-corrected chi connectivity index (χ4v) is 3.42. The van der Waals surface area contributed by atoms with Crippen LogP contribution in [0.1, 0.15) is 37.4 Å². The number of nitrogens with zero attached hydrogens (tertiary/aromatic N) is 2. The van der Waals surface area contributed by atoms with Gasteiger partial charge in [-0.05, 0) is 32.2 Å². The van der Waals surface area contributed by atoms with Crippen LogP contribution in [0.5, 0.6) is 0 Å². The molecule has 0 saturated heterocycles. The summed E-state index contributed by atoms with van der Waals surface area (Å²) >= 11 is 3.46. The summed E-state index contributed by atoms with van der Waals surface area (Å²) in [5, 5.41) is 5.23. The highest BCUT2D eigenvalue weighted by molar-refractivity contribution is 7.13. The summed E-state index contributed by atoms with van der Waals surface area (Å²) in [6, 6.07) is 4.69. The van der Waals surface area contributed by atoms with Crippen molar-refractivity contribution in [3.05, 3.63) is 33.5 Å². The third kappa shape index (κ3) is 3.10. The summed E-state index contributed by atoms with van der Waals surface area (Å²) in [4.78, 5) is 8.32. The summed E-state index contributed by atoms with van der Waals surface area (Å²) in [6.07, 6.45) is 0. The van der Waals surface area contributed by atoms with Crippen LogP contribution < -0.4 is 10.6 Å². The molecule has 0 aliphatic rings. The fourth-order valence-electron chi connectivity index (χ4n) is 1.66. The second-order valence-corrected chi connectivity index (χ2v) is 6.51. The lowest BCUT2D eigenvalue weighted by atomic mass is 10.3. The number of thiophene rings is 1. The highest BCUT2D eigenvalue weighted by Crippen LogP contribution is 2.27. The van der Waals surface area contributed by atoms with Crippen molar-refractivity contribution in [3.8, 4) is 0 Å². The van der Waals surface area contributed by atoms with Gasteiger partial charge in [-0.2, -0.15) is 0 Å². The van der Waals surface area contributed by atoms with E-state index in [1.807, 2.05) is 6.92 Å². The van der Waals surface area contributed by atoms with Gasteiger partial charge in [-0.25, -0.2) is 4.98 Å². The van der Waals surface area contributed by atoms with Crippen molar-refractivity contribution in [2.75, 3.05) is 4.90 Å². The standard InChI is InChI=1S/C13H19N3S2/c1-9(2)16(7-11-5-4-6-17-11)13-15-12(8-18-13)10(3)14/h4-6,8-10H,7,14H2,1-3H3. The summed E-state index contributed by atoms with van der Waals surface area (Å²) in [5.74, 6) is 0. The normalized spacial score (nSPS) is 12.9. The van der Waals surface area contributed by atoms with Gasteiger partial charge in [0, 0.05) is 22.3 Å². The van der Waals surface area contributed by atoms with Crippen LogP contribution in [0.15, 0.2) is 22.9 Å². The van der Waals surface area contributed by atoms with Gasteiger partial charge in [0.05, 0.1) is 12.2 Å². The molecule has 18 heavy (non-hydrogen) atoms. The quantitative estimate of drug-likeness (QED) is 0.910. The van der Waals surface area contributed by atoms with Crippen molar-refractivity contribution in [1.82, 2.24) is 4.98 Å². The van der Waals surface area contributed by atoms with Crippen LogP contribution in [0.25, 0.3) is 0 Å². The van der Waals surface area contributed by atoms with E-state index in [0.29, 0.717) is 6.04 Å². The van der Waals surface area contributed by atoms with E-state index >= 15 is 0 Å². The molecule has 0 saturated carbocycles. The monoisotopic (exact) mass is 281 g/mol. The van der Waals surface area contributed by atoms with Crippen molar-refractivity contribution in [3.63, 3.8) is 0 Å². The largest absolute Gasteiger partial charge is 0.341 e. The first-order valence-corrected chi connectivity index (χ1v) is 7.84. The molecule has 0 aromatic carbocycles. The van der Waals surface area contributed by atoms with Crippen LogP contribution in [0.2, 0.25) is 0 Å². The van der Waals surface area contributed by atoms with Gasteiger partial charge < -0.3 is 10.6 Å². The zero-order chi connectivity index (χ0) is 13.1. The maximum Gasteiger partial charge on any atom is 0.186 e. The Bertz CT molecular complexity index is 474. The number of thiazole rings is 1. The molecule has 2 aromatic rings. The van der Waals surface area contributed by atoms with Crippen LogP contribution in [-0.2, 0) is 6.54 Å². The first-order valence-electron chi connectivity index (χ1n) is 6.08. The van der Waals surface area contributed by atoms with Crippen molar-refractivity contribution in [2.24, 2.45) is 5.73 Å². The molecule has 0 radical (unpaired) electrons. The number of anilines is 1. The van der Waals surface area contributed by atoms with Crippen LogP contribution in [0.4, 0.5) is 5.13 Å². The van der Waals surface area contributed by atoms with Crippen LogP contribution in [0, 0.1) is 0 Å². The Morgan fingerprint density at radius 1 is 1.33 bits per heavy atom. The van der Waals surface area contributed by atoms with Crippen molar-refractivity contribution >= 4 is 27.8 Å². The Balaban J connectivity index is 2.18. The van der Waals surface area contributed by atoms with E-state index in [4.69, 9.17) is 5.73 Å². The Morgan fingerprint density at radius 2 is 2.11 bits per heavy atom. The van der Waals surface area contributed by atoms with Crippen molar-refractivity contribution in [1.29, 1.82) is 0 Å². The predicted octanol–water partition coefficient (Wildman–Crippen LogP) is 3.64. The molecule has 2 rings (SSSR count). The highest BCUT2D eigenvalue weighted by Gasteiger charge is 2.16. The number of aromatic nitrogens is 1. The summed E-state index contributed by atoms with van der Waals surface area (Å²) in [6.45, 7) is 7.28. The molecule has 2 aromatic heterocycles. The zero-order valence-electron chi connectivity index (χ0n) is 11.0. The van der Waals surface area contributed by atoms with E-state index in [9.17, 15) is 0 Å². The Morgan fingerprint density at radius 3 is 2.61 bits per heavy atom. The minimum Gasteiger partial charge on any atom is -0.341 e. The van der Waals surface area contributed by atoms with E-state index in [0.717, 1.165) is 17.4 Å². The van der Waals surface area contributed by atoms with E-state index in [1.165, 1.54) is 4.88 Å². The Hall–Kier alpha value is -0.910. The lowest BCUT2D eigenvalue weighted by molar-refractivity contribution is 0.679. The van der Waals surface area contributed by atoms with Crippen molar-refractivity contribution in [2.45, 2.75) is 39.4 Å². The third-order valence-corrected chi connectivity index (χ3v) is 4.51. The molecule has 5 heteroatoms. The predicted molar refractivity (Wildman–Crippen MR) is 80.4 cm³/mol. The van der Waals surface area contributed by atoms with E-state index in [1.54, 1.807) is 22.7 Å². The average molecular weight is 281 g/mol. The Labute approximate surface area is 116 Å². The van der Waals surface area contributed by atoms with Gasteiger partial charge >= 0.3 is 0 Å².